The fourth-order valence-corrected chi connectivity index (χ4v) is 1.62. The maximum atomic E-state index is 11.7. The number of nitrogens with one attached hydrogen (secondary N) is 1. The minimum absolute atomic E-state index is 0.0660. The maximum Gasteiger partial charge on any atom is 0.337 e. The lowest BCUT2D eigenvalue weighted by Crippen LogP contribution is -2.21. The Hall–Kier alpha value is -2.90. The topological polar surface area (TPSA) is 108 Å². The second kappa shape index (κ2) is 8.52. The summed E-state index contributed by atoms with van der Waals surface area (Å²) in [4.78, 5) is 45.9. The predicted octanol–water partition coefficient (Wildman–Crippen LogP) is 1.15. The standard InChI is InChI=1S/C15H17NO7/c1-4-13(18)23-8-12(17)16-11-6-9(14(19)21-2)5-10(7-11)15(20)22-3/h5-7H,4,8H2,1-3H3,(H,16,17). The molecule has 8 nitrogen and oxygen atoms in total. The van der Waals surface area contributed by atoms with Crippen LogP contribution in [0.4, 0.5) is 5.69 Å². The van der Waals surface area contributed by atoms with Crippen LogP contribution in [0.3, 0.4) is 0 Å². The van der Waals surface area contributed by atoms with Gasteiger partial charge in [0.25, 0.3) is 5.91 Å². The molecule has 0 bridgehead atoms. The van der Waals surface area contributed by atoms with Crippen LogP contribution in [0.1, 0.15) is 34.1 Å². The molecule has 0 aliphatic rings. The number of rotatable bonds is 6. The van der Waals surface area contributed by atoms with Gasteiger partial charge in [-0.05, 0) is 18.2 Å². The predicted molar refractivity (Wildman–Crippen MR) is 79.0 cm³/mol. The van der Waals surface area contributed by atoms with Gasteiger partial charge in [-0.3, -0.25) is 9.59 Å². The van der Waals surface area contributed by atoms with Crippen molar-refractivity contribution in [2.24, 2.45) is 0 Å². The molecule has 0 spiro atoms. The Morgan fingerprint density at radius 1 is 0.957 bits per heavy atom. The molecule has 1 amide bonds. The molecule has 0 aliphatic carbocycles. The van der Waals surface area contributed by atoms with Crippen molar-refractivity contribution >= 4 is 29.5 Å². The van der Waals surface area contributed by atoms with Crippen molar-refractivity contribution in [3.8, 4) is 0 Å². The van der Waals surface area contributed by atoms with Crippen molar-refractivity contribution in [1.29, 1.82) is 0 Å². The molecule has 0 unspecified atom stereocenters. The van der Waals surface area contributed by atoms with E-state index in [0.29, 0.717) is 0 Å². The molecule has 0 fully saturated rings. The molecule has 23 heavy (non-hydrogen) atoms. The summed E-state index contributed by atoms with van der Waals surface area (Å²) in [6.45, 7) is 1.13. The van der Waals surface area contributed by atoms with Gasteiger partial charge in [0.05, 0.1) is 25.3 Å². The maximum absolute atomic E-state index is 11.7. The van der Waals surface area contributed by atoms with Gasteiger partial charge in [-0.2, -0.15) is 0 Å². The lowest BCUT2D eigenvalue weighted by molar-refractivity contribution is -0.146. The molecule has 8 heteroatoms. The lowest BCUT2D eigenvalue weighted by atomic mass is 10.1. The summed E-state index contributed by atoms with van der Waals surface area (Å²) in [6, 6.07) is 3.94. The summed E-state index contributed by atoms with van der Waals surface area (Å²) in [5.74, 6) is -2.48. The quantitative estimate of drug-likeness (QED) is 0.618. The number of esters is 3. The third kappa shape index (κ3) is 5.42. The largest absolute Gasteiger partial charge is 0.465 e. The van der Waals surface area contributed by atoms with E-state index in [2.05, 4.69) is 19.5 Å². The molecular formula is C15H17NO7. The molecule has 0 saturated carbocycles. The summed E-state index contributed by atoms with van der Waals surface area (Å²) in [6.07, 6.45) is 0.150. The van der Waals surface area contributed by atoms with Crippen LogP contribution in [0.25, 0.3) is 0 Å². The van der Waals surface area contributed by atoms with Gasteiger partial charge in [0, 0.05) is 12.1 Å². The average Bonchev–Trinajstić information content (AvgIpc) is 2.57. The van der Waals surface area contributed by atoms with Crippen LogP contribution < -0.4 is 5.32 Å². The fraction of sp³-hybridized carbons (Fsp3) is 0.333. The van der Waals surface area contributed by atoms with E-state index in [1.165, 1.54) is 32.4 Å². The van der Waals surface area contributed by atoms with Crippen LogP contribution in [0, 0.1) is 0 Å². The zero-order chi connectivity index (χ0) is 17.4. The third-order valence-electron chi connectivity index (χ3n) is 2.71. The summed E-state index contributed by atoms with van der Waals surface area (Å²) < 4.78 is 13.9. The van der Waals surface area contributed by atoms with Crippen molar-refractivity contribution in [1.82, 2.24) is 0 Å². The number of benzene rings is 1. The molecule has 0 saturated heterocycles. The second-order valence-electron chi connectivity index (χ2n) is 4.34. The molecule has 1 N–H and O–H groups in total. The number of ether oxygens (including phenoxy) is 3. The highest BCUT2D eigenvalue weighted by Crippen LogP contribution is 2.17. The molecule has 1 rings (SSSR count). The Balaban J connectivity index is 2.96. The number of methoxy groups -OCH3 is 2. The normalized spacial score (nSPS) is 9.70. The highest BCUT2D eigenvalue weighted by atomic mass is 16.5. The molecule has 0 heterocycles. The highest BCUT2D eigenvalue weighted by Gasteiger charge is 2.15. The van der Waals surface area contributed by atoms with E-state index < -0.39 is 30.4 Å². The Kier molecular flexibility index (Phi) is 6.72. The molecular weight excluding hydrogens is 306 g/mol. The zero-order valence-corrected chi connectivity index (χ0v) is 13.0. The summed E-state index contributed by atoms with van der Waals surface area (Å²) in [5, 5.41) is 2.43. The first-order chi connectivity index (χ1) is 10.9. The molecule has 1 aromatic rings. The molecule has 1 aromatic carbocycles. The smallest absolute Gasteiger partial charge is 0.337 e. The van der Waals surface area contributed by atoms with Crippen LogP contribution in [0.5, 0.6) is 0 Å². The van der Waals surface area contributed by atoms with E-state index in [1.54, 1.807) is 6.92 Å². The monoisotopic (exact) mass is 323 g/mol. The van der Waals surface area contributed by atoms with Crippen molar-refractivity contribution in [2.75, 3.05) is 26.1 Å². The van der Waals surface area contributed by atoms with Crippen LogP contribution in [0.15, 0.2) is 18.2 Å². The number of hydrogen-bond donors (Lipinski definition) is 1. The Bertz CT molecular complexity index is 590. The van der Waals surface area contributed by atoms with E-state index in [-0.39, 0.29) is 23.2 Å². The van der Waals surface area contributed by atoms with E-state index in [9.17, 15) is 19.2 Å². The molecule has 0 radical (unpaired) electrons. The number of carbonyl (C=O) groups is 4. The Labute approximate surface area is 132 Å². The number of amides is 1. The minimum atomic E-state index is -0.677. The Morgan fingerprint density at radius 2 is 1.48 bits per heavy atom. The van der Waals surface area contributed by atoms with Gasteiger partial charge < -0.3 is 19.5 Å². The van der Waals surface area contributed by atoms with Gasteiger partial charge in [0.2, 0.25) is 0 Å². The van der Waals surface area contributed by atoms with Crippen molar-refractivity contribution in [3.63, 3.8) is 0 Å². The number of carbonyl (C=O) groups excluding carboxylic acids is 4. The number of anilines is 1. The summed E-state index contributed by atoms with van der Waals surface area (Å²) in [7, 11) is 2.38. The Morgan fingerprint density at radius 3 is 1.91 bits per heavy atom. The first kappa shape index (κ1) is 18.1. The van der Waals surface area contributed by atoms with Crippen LogP contribution in [0.2, 0.25) is 0 Å². The minimum Gasteiger partial charge on any atom is -0.465 e. The van der Waals surface area contributed by atoms with Gasteiger partial charge in [-0.25, -0.2) is 9.59 Å². The fourth-order valence-electron chi connectivity index (χ4n) is 1.62. The van der Waals surface area contributed by atoms with E-state index in [4.69, 9.17) is 0 Å². The molecule has 124 valence electrons. The van der Waals surface area contributed by atoms with Gasteiger partial charge in [0.15, 0.2) is 6.61 Å². The first-order valence-corrected chi connectivity index (χ1v) is 6.68. The highest BCUT2D eigenvalue weighted by molar-refractivity contribution is 5.99. The molecule has 0 aliphatic heterocycles. The molecule has 0 atom stereocenters. The van der Waals surface area contributed by atoms with E-state index >= 15 is 0 Å². The van der Waals surface area contributed by atoms with E-state index in [1.807, 2.05) is 0 Å². The summed E-state index contributed by atoms with van der Waals surface area (Å²) in [5.41, 5.74) is 0.304. The van der Waals surface area contributed by atoms with Crippen molar-refractivity contribution < 1.29 is 33.4 Å². The SMILES string of the molecule is CCC(=O)OCC(=O)Nc1cc(C(=O)OC)cc(C(=O)OC)c1. The van der Waals surface area contributed by atoms with Crippen molar-refractivity contribution in [2.45, 2.75) is 13.3 Å². The van der Waals surface area contributed by atoms with Crippen LogP contribution in [-0.4, -0.2) is 44.6 Å². The first-order valence-electron chi connectivity index (χ1n) is 6.68. The van der Waals surface area contributed by atoms with Gasteiger partial charge in [-0.15, -0.1) is 0 Å². The third-order valence-corrected chi connectivity index (χ3v) is 2.71. The summed E-state index contributed by atoms with van der Waals surface area (Å²) >= 11 is 0. The second-order valence-corrected chi connectivity index (χ2v) is 4.34. The van der Waals surface area contributed by atoms with Crippen LogP contribution >= 0.6 is 0 Å². The molecule has 0 aromatic heterocycles. The van der Waals surface area contributed by atoms with Gasteiger partial charge in [0.1, 0.15) is 0 Å². The van der Waals surface area contributed by atoms with E-state index in [0.717, 1.165) is 0 Å². The average molecular weight is 323 g/mol. The number of hydrogen-bond acceptors (Lipinski definition) is 7. The van der Waals surface area contributed by atoms with Gasteiger partial charge in [-0.1, -0.05) is 6.92 Å². The van der Waals surface area contributed by atoms with Crippen molar-refractivity contribution in [3.05, 3.63) is 29.3 Å². The zero-order valence-electron chi connectivity index (χ0n) is 13.0. The van der Waals surface area contributed by atoms with Crippen LogP contribution in [-0.2, 0) is 23.8 Å². The lowest BCUT2D eigenvalue weighted by Gasteiger charge is -2.09. The van der Waals surface area contributed by atoms with Gasteiger partial charge >= 0.3 is 17.9 Å².